The number of hydrogen-bond donors (Lipinski definition) is 0. The van der Waals surface area contributed by atoms with E-state index in [1.54, 1.807) is 0 Å². The van der Waals surface area contributed by atoms with Crippen molar-refractivity contribution in [3.63, 3.8) is 0 Å². The molecule has 0 amide bonds. The molecule has 3 heteroatoms. The van der Waals surface area contributed by atoms with Gasteiger partial charge in [-0.15, -0.1) is 11.8 Å². The van der Waals surface area contributed by atoms with E-state index in [2.05, 4.69) is 59.7 Å². The lowest BCUT2D eigenvalue weighted by molar-refractivity contribution is 1.29. The van der Waals surface area contributed by atoms with Crippen molar-refractivity contribution in [3.05, 3.63) is 35.6 Å². The molecule has 0 saturated carbocycles. The van der Waals surface area contributed by atoms with E-state index in [-0.39, 0.29) is 0 Å². The van der Waals surface area contributed by atoms with Crippen LogP contribution in [0, 0.1) is 0 Å². The van der Waals surface area contributed by atoms with Crippen LogP contribution in [0.5, 0.6) is 0 Å². The predicted octanol–water partition coefficient (Wildman–Crippen LogP) is 5.00. The molecular formula is C13H20INS. The second-order valence-corrected chi connectivity index (χ2v) is 6.68. The molecular weight excluding hydrogens is 329 g/mol. The third-order valence-electron chi connectivity index (χ3n) is 2.01. The molecule has 0 aromatic rings. The molecule has 0 radical (unpaired) electrons. The fourth-order valence-corrected chi connectivity index (χ4v) is 2.13. The van der Waals surface area contributed by atoms with Crippen LogP contribution in [0.15, 0.2) is 40.6 Å². The van der Waals surface area contributed by atoms with Crippen LogP contribution < -0.4 is 0 Å². The van der Waals surface area contributed by atoms with Crippen LogP contribution in [0.25, 0.3) is 0 Å². The number of alkyl halides is 1. The van der Waals surface area contributed by atoms with Crippen LogP contribution in [0.2, 0.25) is 0 Å². The van der Waals surface area contributed by atoms with Gasteiger partial charge in [0.25, 0.3) is 0 Å². The Bertz CT molecular complexity index is 303. The molecule has 0 rings (SSSR count). The van der Waals surface area contributed by atoms with E-state index in [9.17, 15) is 0 Å². The van der Waals surface area contributed by atoms with Crippen LogP contribution in [0.4, 0.5) is 0 Å². The summed E-state index contributed by atoms with van der Waals surface area (Å²) in [7, 11) is 0. The highest BCUT2D eigenvalue weighted by Crippen LogP contribution is 2.19. The lowest BCUT2D eigenvalue weighted by Gasteiger charge is -2.01. The zero-order valence-electron chi connectivity index (χ0n) is 10.4. The minimum atomic E-state index is 0.505. The molecule has 0 heterocycles. The quantitative estimate of drug-likeness (QED) is 0.285. The van der Waals surface area contributed by atoms with Crippen LogP contribution in [0.3, 0.4) is 0 Å². The summed E-state index contributed by atoms with van der Waals surface area (Å²) in [5, 5.41) is 0. The number of nitrogens with zero attached hydrogens (tertiary/aromatic N) is 1. The van der Waals surface area contributed by atoms with Crippen LogP contribution >= 0.6 is 34.4 Å². The molecule has 0 aliphatic rings. The first kappa shape index (κ1) is 16.0. The first-order valence-corrected chi connectivity index (χ1v) is 7.61. The number of rotatable bonds is 6. The topological polar surface area (TPSA) is 12.4 Å². The van der Waals surface area contributed by atoms with Crippen molar-refractivity contribution in [2.45, 2.75) is 31.0 Å². The van der Waals surface area contributed by atoms with E-state index in [0.717, 1.165) is 11.4 Å². The highest BCUT2D eigenvalue weighted by molar-refractivity contribution is 14.1. The van der Waals surface area contributed by atoms with E-state index in [1.165, 1.54) is 5.57 Å². The van der Waals surface area contributed by atoms with E-state index < -0.39 is 0 Å². The van der Waals surface area contributed by atoms with Crippen LogP contribution in [-0.2, 0) is 0 Å². The van der Waals surface area contributed by atoms with Gasteiger partial charge in [0.2, 0.25) is 0 Å². The largest absolute Gasteiger partial charge is 0.265 e. The Morgan fingerprint density at radius 3 is 2.56 bits per heavy atom. The molecule has 0 aliphatic carbocycles. The fraction of sp³-hybridized carbons (Fsp3) is 0.462. The maximum absolute atomic E-state index is 4.30. The Labute approximate surface area is 117 Å². The van der Waals surface area contributed by atoms with Crippen molar-refractivity contribution >= 4 is 40.6 Å². The molecule has 1 atom stereocenters. The summed E-state index contributed by atoms with van der Waals surface area (Å²) in [5.41, 5.74) is 2.38. The van der Waals surface area contributed by atoms with Crippen LogP contribution in [0.1, 0.15) is 27.7 Å². The highest BCUT2D eigenvalue weighted by Gasteiger charge is 1.96. The number of allylic oxidation sites excluding steroid dienone is 5. The molecule has 90 valence electrons. The zero-order chi connectivity index (χ0) is 12.4. The Hall–Kier alpha value is -0.0300. The molecule has 0 spiro atoms. The summed E-state index contributed by atoms with van der Waals surface area (Å²) < 4.78 is 0.505. The van der Waals surface area contributed by atoms with E-state index in [4.69, 9.17) is 0 Å². The second kappa shape index (κ2) is 10.1. The van der Waals surface area contributed by atoms with Gasteiger partial charge in [-0.2, -0.15) is 0 Å². The summed E-state index contributed by atoms with van der Waals surface area (Å²) in [6, 6.07) is 0. The van der Waals surface area contributed by atoms with Crippen LogP contribution in [-0.4, -0.2) is 15.2 Å². The smallest absolute Gasteiger partial charge is 0.0750 e. The predicted molar refractivity (Wildman–Crippen MR) is 86.8 cm³/mol. The first-order chi connectivity index (χ1) is 7.60. The number of hydrogen-bond acceptors (Lipinski definition) is 2. The van der Waals surface area contributed by atoms with Crippen molar-refractivity contribution in [2.24, 2.45) is 4.99 Å². The van der Waals surface area contributed by atoms with Gasteiger partial charge in [-0.1, -0.05) is 52.5 Å². The molecule has 0 aromatic carbocycles. The third-order valence-corrected chi connectivity index (χ3v) is 4.32. The third kappa shape index (κ3) is 9.21. The Morgan fingerprint density at radius 2 is 2.00 bits per heavy atom. The summed E-state index contributed by atoms with van der Waals surface area (Å²) in [6.07, 6.45) is 10.5. The molecule has 1 nitrogen and oxygen atoms in total. The lowest BCUT2D eigenvalue weighted by atomic mass is 10.3. The number of thioether (sulfide) groups is 1. The Kier molecular flexibility index (Phi) is 10.1. The van der Waals surface area contributed by atoms with Crippen molar-refractivity contribution in [1.29, 1.82) is 0 Å². The summed E-state index contributed by atoms with van der Waals surface area (Å²) in [5.74, 6) is 0.956. The molecule has 16 heavy (non-hydrogen) atoms. The Balaban J connectivity index is 3.87. The van der Waals surface area contributed by atoms with Gasteiger partial charge in [-0.05, 0) is 27.7 Å². The SMILES string of the molecule is C/C=C(C)\C=C/C(I)SCC=N/C(C)=C\C. The second-order valence-electron chi connectivity index (χ2n) is 3.32. The van der Waals surface area contributed by atoms with Gasteiger partial charge in [0.05, 0.1) is 3.26 Å². The minimum absolute atomic E-state index is 0.505. The maximum atomic E-state index is 4.30. The maximum Gasteiger partial charge on any atom is 0.0750 e. The normalized spacial score (nSPS) is 16.3. The van der Waals surface area contributed by atoms with E-state index in [0.29, 0.717) is 3.26 Å². The number of aliphatic imine (C=N–C) groups is 1. The van der Waals surface area contributed by atoms with Gasteiger partial charge in [-0.3, -0.25) is 4.99 Å². The van der Waals surface area contributed by atoms with Crippen molar-refractivity contribution < 1.29 is 0 Å². The molecule has 0 aliphatic heterocycles. The van der Waals surface area contributed by atoms with Crippen molar-refractivity contribution in [2.75, 3.05) is 5.75 Å². The van der Waals surface area contributed by atoms with Gasteiger partial charge in [0.1, 0.15) is 0 Å². The summed E-state index contributed by atoms with van der Waals surface area (Å²) in [4.78, 5) is 4.30. The molecule has 0 N–H and O–H groups in total. The van der Waals surface area contributed by atoms with Crippen molar-refractivity contribution in [3.8, 4) is 0 Å². The minimum Gasteiger partial charge on any atom is -0.265 e. The van der Waals surface area contributed by atoms with Gasteiger partial charge in [0.15, 0.2) is 0 Å². The molecule has 0 bridgehead atoms. The zero-order valence-corrected chi connectivity index (χ0v) is 13.4. The van der Waals surface area contributed by atoms with Gasteiger partial charge in [0, 0.05) is 17.7 Å². The van der Waals surface area contributed by atoms with Gasteiger partial charge >= 0.3 is 0 Å². The molecule has 0 fully saturated rings. The average molecular weight is 349 g/mol. The monoisotopic (exact) mass is 349 g/mol. The number of halogens is 1. The average Bonchev–Trinajstić information content (AvgIpc) is 2.31. The fourth-order valence-electron chi connectivity index (χ4n) is 0.770. The Morgan fingerprint density at radius 1 is 1.31 bits per heavy atom. The molecule has 0 aromatic heterocycles. The molecule has 1 unspecified atom stereocenters. The lowest BCUT2D eigenvalue weighted by Crippen LogP contribution is -1.89. The highest BCUT2D eigenvalue weighted by atomic mass is 127. The van der Waals surface area contributed by atoms with E-state index >= 15 is 0 Å². The summed E-state index contributed by atoms with van der Waals surface area (Å²) in [6.45, 7) is 8.18. The standard InChI is InChI=1S/C13H20INS/c1-5-11(3)7-8-13(14)16-10-9-15-12(4)6-2/h5-9,13H,10H2,1-4H3/b8-7-,11-5-,12-6-,15-9?. The van der Waals surface area contributed by atoms with E-state index in [1.807, 2.05) is 37.9 Å². The first-order valence-electron chi connectivity index (χ1n) is 5.32. The van der Waals surface area contributed by atoms with Crippen molar-refractivity contribution in [1.82, 2.24) is 0 Å². The van der Waals surface area contributed by atoms with Gasteiger partial charge < -0.3 is 0 Å². The van der Waals surface area contributed by atoms with Gasteiger partial charge in [-0.25, -0.2) is 0 Å². The molecule has 0 saturated heterocycles. The summed E-state index contributed by atoms with van der Waals surface area (Å²) >= 11 is 4.31.